The van der Waals surface area contributed by atoms with Gasteiger partial charge in [0.25, 0.3) is 6.33 Å². The van der Waals surface area contributed by atoms with Crippen molar-refractivity contribution in [2.45, 2.75) is 105 Å². The minimum absolute atomic E-state index is 0. The van der Waals surface area contributed by atoms with Gasteiger partial charge in [-0.15, -0.1) is 29.7 Å². The molecule has 6 heteroatoms. The number of aromatic nitrogens is 4. The molecular weight excluding hydrogens is 1110 g/mol. The Morgan fingerprint density at radius 3 is 1.84 bits per heavy atom. The molecule has 8 aromatic carbocycles. The van der Waals surface area contributed by atoms with Crippen LogP contribution in [0.15, 0.2) is 182 Å². The Morgan fingerprint density at radius 2 is 1.13 bits per heavy atom. The van der Waals surface area contributed by atoms with E-state index < -0.39 is 18.1 Å². The molecule has 0 fully saturated rings. The zero-order valence-electron chi connectivity index (χ0n) is 50.4. The number of nitrogens with zero attached hydrogens (tertiary/aromatic N) is 4. The van der Waals surface area contributed by atoms with Crippen LogP contribution in [-0.4, -0.2) is 14.1 Å². The largest absolute Gasteiger partial charge is 0.510 e. The monoisotopic (exact) mass is 1180 g/mol. The van der Waals surface area contributed by atoms with Crippen LogP contribution >= 0.6 is 0 Å². The van der Waals surface area contributed by atoms with Crippen molar-refractivity contribution >= 4 is 32.8 Å². The summed E-state index contributed by atoms with van der Waals surface area (Å²) < 4.78 is 56.8. The van der Waals surface area contributed by atoms with Gasteiger partial charge in [0.2, 0.25) is 0 Å². The van der Waals surface area contributed by atoms with Crippen molar-refractivity contribution in [3.05, 3.63) is 223 Å². The van der Waals surface area contributed by atoms with E-state index in [1.165, 1.54) is 22.3 Å². The number of hydrogen-bond acceptors (Lipinski definition) is 2. The molecule has 5 nitrogen and oxygen atoms in total. The van der Waals surface area contributed by atoms with Crippen LogP contribution < -0.4 is 9.30 Å². The first-order chi connectivity index (χ1) is 37.8. The van der Waals surface area contributed by atoms with Crippen molar-refractivity contribution in [2.24, 2.45) is 0 Å². The normalized spacial score (nSPS) is 13.3. The van der Waals surface area contributed by atoms with E-state index in [9.17, 15) is 0 Å². The molecule has 0 radical (unpaired) electrons. The summed E-state index contributed by atoms with van der Waals surface area (Å²) in [6.45, 7) is 26.8. The van der Waals surface area contributed by atoms with Crippen molar-refractivity contribution in [2.75, 3.05) is 0 Å². The SMILES string of the molecule is [2H]c1c([2H])c([2H])c(-c2ccc3c(c2)n(-c2[c-]c(Oc4[c-]c5c(cc4)c4ccccc4n5-c4cc(C(C)(C)C)ccn4)ccc2)[c-][n+]3-c2c(-c3cccc(C(C)(C)C)c3)cccc2-c2cc(C(C)(C)C)cc(C(C)(C)C)c2)c([2H])c1[2H].[Pt]. The topological polar surface area (TPSA) is 35.9 Å². The molecule has 0 aliphatic rings. The number of fused-ring (bicyclic) bond motifs is 4. The van der Waals surface area contributed by atoms with E-state index in [1.54, 1.807) is 0 Å². The first-order valence-electron chi connectivity index (χ1n) is 28.4. The Hall–Kier alpha value is -7.33. The van der Waals surface area contributed by atoms with Crippen LogP contribution in [-0.2, 0) is 42.7 Å². The van der Waals surface area contributed by atoms with Gasteiger partial charge in [0.05, 0.1) is 23.6 Å². The molecule has 11 rings (SSSR count). The second kappa shape index (κ2) is 19.7. The second-order valence-electron chi connectivity index (χ2n) is 23.9. The number of imidazole rings is 1. The molecule has 0 saturated carbocycles. The molecule has 0 aliphatic carbocycles. The van der Waals surface area contributed by atoms with E-state index in [4.69, 9.17) is 16.6 Å². The van der Waals surface area contributed by atoms with E-state index in [2.05, 4.69) is 202 Å². The van der Waals surface area contributed by atoms with E-state index in [-0.39, 0.29) is 60.4 Å². The van der Waals surface area contributed by atoms with E-state index in [0.717, 1.165) is 61.1 Å². The Labute approximate surface area is 471 Å². The number of benzene rings is 8. The van der Waals surface area contributed by atoms with E-state index >= 15 is 0 Å². The molecular formula is C70H66N4OPt-2. The van der Waals surface area contributed by atoms with Gasteiger partial charge >= 0.3 is 0 Å². The number of hydrogen-bond donors (Lipinski definition) is 0. The number of rotatable bonds is 8. The Kier molecular flexibility index (Phi) is 11.9. The summed E-state index contributed by atoms with van der Waals surface area (Å²) in [6, 6.07) is 55.6. The predicted molar refractivity (Wildman–Crippen MR) is 311 cm³/mol. The van der Waals surface area contributed by atoms with Crippen molar-refractivity contribution in [1.82, 2.24) is 14.1 Å². The van der Waals surface area contributed by atoms with Crippen molar-refractivity contribution in [3.63, 3.8) is 0 Å². The molecule has 3 heterocycles. The summed E-state index contributed by atoms with van der Waals surface area (Å²) in [5.74, 6) is 1.72. The van der Waals surface area contributed by atoms with E-state index in [1.807, 2.05) is 65.4 Å². The Morgan fingerprint density at radius 1 is 0.500 bits per heavy atom. The maximum Gasteiger partial charge on any atom is 0.268 e. The Bertz CT molecular complexity index is 4220. The molecule has 384 valence electrons. The fraction of sp³-hybridized carbons (Fsp3) is 0.229. The predicted octanol–water partition coefficient (Wildman–Crippen LogP) is 17.8. The summed E-state index contributed by atoms with van der Waals surface area (Å²) >= 11 is 0. The second-order valence-corrected chi connectivity index (χ2v) is 23.9. The van der Waals surface area contributed by atoms with Crippen LogP contribution in [0, 0.1) is 18.5 Å². The summed E-state index contributed by atoms with van der Waals surface area (Å²) in [6.07, 6.45) is 5.69. The summed E-state index contributed by atoms with van der Waals surface area (Å²) in [4.78, 5) is 4.88. The summed E-state index contributed by atoms with van der Waals surface area (Å²) in [5.41, 5.74) is 13.7. The third-order valence-corrected chi connectivity index (χ3v) is 14.3. The summed E-state index contributed by atoms with van der Waals surface area (Å²) in [7, 11) is 0. The quantitative estimate of drug-likeness (QED) is 0.112. The van der Waals surface area contributed by atoms with Gasteiger partial charge in [-0.25, -0.2) is 4.98 Å². The van der Waals surface area contributed by atoms with Crippen LogP contribution in [0.1, 0.15) is 112 Å². The van der Waals surface area contributed by atoms with Gasteiger partial charge in [0, 0.05) is 44.3 Å². The minimum atomic E-state index is -0.445. The van der Waals surface area contributed by atoms with Gasteiger partial charge in [-0.2, -0.15) is 18.2 Å². The number of para-hydroxylation sites is 2. The van der Waals surface area contributed by atoms with Gasteiger partial charge in [0.1, 0.15) is 5.82 Å². The molecule has 76 heavy (non-hydrogen) atoms. The molecule has 0 atom stereocenters. The van der Waals surface area contributed by atoms with Crippen LogP contribution in [0.3, 0.4) is 0 Å². The third kappa shape index (κ3) is 9.99. The van der Waals surface area contributed by atoms with Crippen molar-refractivity contribution in [1.29, 1.82) is 0 Å². The standard InChI is InChI=1S/C70H66N4O.Pt/c1-67(2,3)50-24-18-23-48(37-50)57-28-20-29-58(49-38-52(69(7,8)9)41-53(39-49)70(10,11)12)66(57)73-45-72(64-40-47(31-34-62(64)73)46-21-14-13-15-22-46)54-25-19-26-55(43-54)75-56-32-33-60-59-27-16-17-30-61(59)74(63(60)44-56)65-42-51(35-36-71-65)68(4,5)6;/h13-42H,1-12H3;/q-2;/i13D,14D,15D,21D,22D;. The first kappa shape index (κ1) is 46.0. The first-order valence-corrected chi connectivity index (χ1v) is 25.9. The van der Waals surface area contributed by atoms with Gasteiger partial charge < -0.3 is 13.9 Å². The van der Waals surface area contributed by atoms with E-state index in [0.29, 0.717) is 28.3 Å². The molecule has 0 bridgehead atoms. The average molecular weight is 1180 g/mol. The maximum absolute atomic E-state index is 9.06. The van der Waals surface area contributed by atoms with Gasteiger partial charge in [-0.05, 0) is 113 Å². The summed E-state index contributed by atoms with van der Waals surface area (Å²) in [5, 5.41) is 2.10. The zero-order chi connectivity index (χ0) is 57.0. The molecule has 0 amide bonds. The molecule has 0 aliphatic heterocycles. The van der Waals surface area contributed by atoms with Crippen LogP contribution in [0.5, 0.6) is 11.5 Å². The zero-order valence-corrected chi connectivity index (χ0v) is 47.7. The fourth-order valence-electron chi connectivity index (χ4n) is 9.98. The van der Waals surface area contributed by atoms with Gasteiger partial charge in [-0.1, -0.05) is 210 Å². The fourth-order valence-corrected chi connectivity index (χ4v) is 9.98. The molecule has 0 unspecified atom stereocenters. The molecule has 0 saturated heterocycles. The van der Waals surface area contributed by atoms with Gasteiger partial charge in [0.15, 0.2) is 0 Å². The van der Waals surface area contributed by atoms with Gasteiger partial charge in [-0.3, -0.25) is 4.57 Å². The molecule has 0 spiro atoms. The number of pyridine rings is 1. The smallest absolute Gasteiger partial charge is 0.268 e. The molecule has 11 aromatic rings. The van der Waals surface area contributed by atoms with Crippen molar-refractivity contribution in [3.8, 4) is 62.1 Å². The third-order valence-electron chi connectivity index (χ3n) is 14.3. The molecule has 3 aromatic heterocycles. The number of ether oxygens (including phenoxy) is 1. The minimum Gasteiger partial charge on any atom is -0.510 e. The maximum atomic E-state index is 9.06. The van der Waals surface area contributed by atoms with Crippen LogP contribution in [0.2, 0.25) is 0 Å². The van der Waals surface area contributed by atoms with Crippen molar-refractivity contribution < 1.29 is 37.2 Å². The average Bonchev–Trinajstić information content (AvgIpc) is 4.04. The Balaban J connectivity index is 0.00000736. The molecule has 0 N–H and O–H groups in total. The van der Waals surface area contributed by atoms with Crippen LogP contribution in [0.4, 0.5) is 0 Å². The van der Waals surface area contributed by atoms with Crippen LogP contribution in [0.25, 0.3) is 83.4 Å².